The Balaban J connectivity index is 2.99. The quantitative estimate of drug-likeness (QED) is 0.843. The minimum Gasteiger partial charge on any atom is -0.326 e. The van der Waals surface area contributed by atoms with Crippen LogP contribution in [0.4, 0.5) is 0 Å². The molecule has 0 aliphatic rings. The molecule has 0 aromatic heterocycles. The molecule has 0 radical (unpaired) electrons. The van der Waals surface area contributed by atoms with Crippen LogP contribution in [0.1, 0.15) is 24.9 Å². The van der Waals surface area contributed by atoms with Crippen LogP contribution in [0.15, 0.2) is 18.2 Å². The van der Waals surface area contributed by atoms with Crippen molar-refractivity contribution in [1.29, 1.82) is 0 Å². The van der Waals surface area contributed by atoms with Crippen LogP contribution in [-0.4, -0.2) is 6.04 Å². The first-order valence-electron chi connectivity index (χ1n) is 4.52. The van der Waals surface area contributed by atoms with Gasteiger partial charge in [0.05, 0.1) is 0 Å². The van der Waals surface area contributed by atoms with Crippen LogP contribution in [0.25, 0.3) is 0 Å². The fourth-order valence-electron chi connectivity index (χ4n) is 1.25. The monoisotopic (exact) mass is 232 g/mol. The molecular weight excluding hydrogens is 219 g/mol. The zero-order chi connectivity index (χ0) is 10.7. The highest BCUT2D eigenvalue weighted by Gasteiger charge is 2.16. The Morgan fingerprint density at radius 2 is 1.93 bits per heavy atom. The molecule has 1 aromatic carbocycles. The predicted octanol–water partition coefficient (Wildman–Crippen LogP) is 2.73. The Hall–Kier alpha value is -0.280. The summed E-state index contributed by atoms with van der Waals surface area (Å²) in [7, 11) is 0. The molecule has 2 nitrogen and oxygen atoms in total. The van der Waals surface area contributed by atoms with Crippen LogP contribution >= 0.6 is 23.2 Å². The van der Waals surface area contributed by atoms with Crippen molar-refractivity contribution in [1.82, 2.24) is 0 Å². The second-order valence-electron chi connectivity index (χ2n) is 3.26. The van der Waals surface area contributed by atoms with Crippen LogP contribution < -0.4 is 11.5 Å². The van der Waals surface area contributed by atoms with E-state index in [0.717, 1.165) is 12.0 Å². The molecule has 0 saturated carbocycles. The van der Waals surface area contributed by atoms with Gasteiger partial charge in [0.1, 0.15) is 0 Å². The number of hydrogen-bond donors (Lipinski definition) is 2. The summed E-state index contributed by atoms with van der Waals surface area (Å²) in [6.07, 6.45) is 0.810. The smallest absolute Gasteiger partial charge is 0.0463 e. The van der Waals surface area contributed by atoms with Gasteiger partial charge in [-0.15, -0.1) is 0 Å². The average molecular weight is 233 g/mol. The Bertz CT molecular complexity index is 315. The predicted molar refractivity (Wildman–Crippen MR) is 61.7 cm³/mol. The van der Waals surface area contributed by atoms with Crippen molar-refractivity contribution in [3.63, 3.8) is 0 Å². The summed E-state index contributed by atoms with van der Waals surface area (Å²) < 4.78 is 0. The number of halogens is 2. The molecule has 0 aliphatic heterocycles. The largest absolute Gasteiger partial charge is 0.326 e. The summed E-state index contributed by atoms with van der Waals surface area (Å²) >= 11 is 11.9. The lowest BCUT2D eigenvalue weighted by Gasteiger charge is -2.19. The molecule has 0 aliphatic carbocycles. The van der Waals surface area contributed by atoms with Gasteiger partial charge in [0.15, 0.2) is 0 Å². The van der Waals surface area contributed by atoms with Crippen molar-refractivity contribution in [2.75, 3.05) is 0 Å². The normalized spacial score (nSPS) is 15.2. The maximum Gasteiger partial charge on any atom is 0.0463 e. The maximum atomic E-state index is 6.00. The molecule has 0 unspecified atom stereocenters. The minimum atomic E-state index is -0.258. The van der Waals surface area contributed by atoms with E-state index < -0.39 is 0 Å². The van der Waals surface area contributed by atoms with Crippen molar-refractivity contribution in [3.8, 4) is 0 Å². The molecule has 4 heteroatoms. The zero-order valence-corrected chi connectivity index (χ0v) is 9.52. The summed E-state index contributed by atoms with van der Waals surface area (Å²) in [5, 5.41) is 1.24. The third-order valence-electron chi connectivity index (χ3n) is 2.25. The summed E-state index contributed by atoms with van der Waals surface area (Å²) in [4.78, 5) is 0. The third-order valence-corrected chi connectivity index (χ3v) is 2.83. The van der Waals surface area contributed by atoms with Gasteiger partial charge >= 0.3 is 0 Å². The summed E-state index contributed by atoms with van der Waals surface area (Å²) in [5.74, 6) is 0. The topological polar surface area (TPSA) is 52.0 Å². The SMILES string of the molecule is CC[C@H](N)[C@@H](N)c1cc(Cl)ccc1Cl. The van der Waals surface area contributed by atoms with E-state index in [2.05, 4.69) is 0 Å². The van der Waals surface area contributed by atoms with Crippen molar-refractivity contribution in [2.45, 2.75) is 25.4 Å². The van der Waals surface area contributed by atoms with Crippen LogP contribution in [-0.2, 0) is 0 Å². The van der Waals surface area contributed by atoms with Gasteiger partial charge in [0.2, 0.25) is 0 Å². The second-order valence-corrected chi connectivity index (χ2v) is 4.11. The van der Waals surface area contributed by atoms with Gasteiger partial charge in [-0.2, -0.15) is 0 Å². The maximum absolute atomic E-state index is 6.00. The van der Waals surface area contributed by atoms with E-state index in [1.54, 1.807) is 18.2 Å². The van der Waals surface area contributed by atoms with Gasteiger partial charge < -0.3 is 11.5 Å². The lowest BCUT2D eigenvalue weighted by Crippen LogP contribution is -2.33. The number of hydrogen-bond acceptors (Lipinski definition) is 2. The summed E-state index contributed by atoms with van der Waals surface area (Å²) in [5.41, 5.74) is 12.6. The minimum absolute atomic E-state index is 0.0917. The van der Waals surface area contributed by atoms with Gasteiger partial charge in [-0.25, -0.2) is 0 Å². The van der Waals surface area contributed by atoms with Crippen molar-refractivity contribution >= 4 is 23.2 Å². The van der Waals surface area contributed by atoms with Gasteiger partial charge in [-0.1, -0.05) is 30.1 Å². The Labute approximate surface area is 94.2 Å². The van der Waals surface area contributed by atoms with E-state index in [4.69, 9.17) is 34.7 Å². The first-order chi connectivity index (χ1) is 6.56. The van der Waals surface area contributed by atoms with E-state index in [0.29, 0.717) is 10.0 Å². The van der Waals surface area contributed by atoms with Crippen LogP contribution in [0.3, 0.4) is 0 Å². The van der Waals surface area contributed by atoms with Gasteiger partial charge in [0, 0.05) is 22.1 Å². The van der Waals surface area contributed by atoms with Crippen LogP contribution in [0.5, 0.6) is 0 Å². The van der Waals surface area contributed by atoms with E-state index in [9.17, 15) is 0 Å². The highest BCUT2D eigenvalue weighted by atomic mass is 35.5. The Morgan fingerprint density at radius 3 is 2.50 bits per heavy atom. The molecule has 0 spiro atoms. The number of rotatable bonds is 3. The molecule has 4 N–H and O–H groups in total. The van der Waals surface area contributed by atoms with E-state index >= 15 is 0 Å². The highest BCUT2D eigenvalue weighted by Crippen LogP contribution is 2.26. The number of nitrogens with two attached hydrogens (primary N) is 2. The van der Waals surface area contributed by atoms with Gasteiger partial charge in [-0.3, -0.25) is 0 Å². The Morgan fingerprint density at radius 1 is 1.29 bits per heavy atom. The molecule has 0 bridgehead atoms. The van der Waals surface area contributed by atoms with E-state index in [1.165, 1.54) is 0 Å². The van der Waals surface area contributed by atoms with Crippen LogP contribution in [0.2, 0.25) is 10.0 Å². The molecule has 14 heavy (non-hydrogen) atoms. The van der Waals surface area contributed by atoms with E-state index in [1.807, 2.05) is 6.92 Å². The average Bonchev–Trinajstić information content (AvgIpc) is 2.19. The van der Waals surface area contributed by atoms with Crippen LogP contribution in [0, 0.1) is 0 Å². The lowest BCUT2D eigenvalue weighted by molar-refractivity contribution is 0.533. The second kappa shape index (κ2) is 4.99. The first-order valence-corrected chi connectivity index (χ1v) is 5.28. The molecule has 0 heterocycles. The van der Waals surface area contributed by atoms with Crippen molar-refractivity contribution in [3.05, 3.63) is 33.8 Å². The van der Waals surface area contributed by atoms with Gasteiger partial charge in [0.25, 0.3) is 0 Å². The van der Waals surface area contributed by atoms with Crippen molar-refractivity contribution < 1.29 is 0 Å². The highest BCUT2D eigenvalue weighted by molar-refractivity contribution is 6.33. The molecule has 0 amide bonds. The third kappa shape index (κ3) is 2.61. The van der Waals surface area contributed by atoms with Crippen molar-refractivity contribution in [2.24, 2.45) is 11.5 Å². The molecular formula is C10H14Cl2N2. The molecule has 1 aromatic rings. The summed E-state index contributed by atoms with van der Waals surface area (Å²) in [6.45, 7) is 1.99. The summed E-state index contributed by atoms with van der Waals surface area (Å²) in [6, 6.07) is 4.89. The van der Waals surface area contributed by atoms with Gasteiger partial charge in [-0.05, 0) is 30.2 Å². The molecule has 0 saturated heterocycles. The standard InChI is InChI=1S/C10H14Cl2N2/c1-2-9(13)10(14)7-5-6(11)3-4-8(7)12/h3-5,9-10H,2,13-14H2,1H3/t9-,10-/m0/s1. The molecule has 1 rings (SSSR count). The zero-order valence-electron chi connectivity index (χ0n) is 8.00. The fraction of sp³-hybridized carbons (Fsp3) is 0.400. The molecule has 78 valence electrons. The molecule has 2 atom stereocenters. The Kier molecular flexibility index (Phi) is 4.20. The number of benzene rings is 1. The first kappa shape index (κ1) is 11.8. The lowest BCUT2D eigenvalue weighted by atomic mass is 9.99. The molecule has 0 fully saturated rings. The van der Waals surface area contributed by atoms with E-state index in [-0.39, 0.29) is 12.1 Å². The fourth-order valence-corrected chi connectivity index (χ4v) is 1.68.